The summed E-state index contributed by atoms with van der Waals surface area (Å²) < 4.78 is 76.4. The summed E-state index contributed by atoms with van der Waals surface area (Å²) in [5, 5.41) is 0. The summed E-state index contributed by atoms with van der Waals surface area (Å²) >= 11 is 0. The van der Waals surface area contributed by atoms with Gasteiger partial charge < -0.3 is 10.5 Å². The highest BCUT2D eigenvalue weighted by atomic mass is 19.4. The quantitative estimate of drug-likeness (QED) is 0.671. The van der Waals surface area contributed by atoms with E-state index in [4.69, 9.17) is 5.73 Å². The molecule has 0 radical (unpaired) electrons. The van der Waals surface area contributed by atoms with Crippen LogP contribution in [-0.4, -0.2) is 11.3 Å². The number of nitrogens with zero attached hydrogens (tertiary/aromatic N) is 1. The molecule has 3 nitrogen and oxygen atoms in total. The van der Waals surface area contributed by atoms with Crippen molar-refractivity contribution < 1.29 is 31.1 Å². The summed E-state index contributed by atoms with van der Waals surface area (Å²) in [5.74, 6) is -2.89. The molecule has 17 heavy (non-hydrogen) atoms. The van der Waals surface area contributed by atoms with Gasteiger partial charge in [-0.15, -0.1) is 13.2 Å². The van der Waals surface area contributed by atoms with Crippen molar-refractivity contribution in [3.8, 4) is 5.88 Å². The number of hydrogen-bond donors (Lipinski definition) is 1. The van der Waals surface area contributed by atoms with E-state index < -0.39 is 42.3 Å². The molecular formula is C8H6F6N2O. The molecule has 0 atom stereocenters. The van der Waals surface area contributed by atoms with Crippen LogP contribution in [-0.2, 0) is 6.54 Å². The van der Waals surface area contributed by atoms with Gasteiger partial charge >= 0.3 is 6.36 Å². The molecular weight excluding hydrogens is 254 g/mol. The molecule has 1 rings (SSSR count). The van der Waals surface area contributed by atoms with Crippen LogP contribution in [0.5, 0.6) is 5.88 Å². The summed E-state index contributed by atoms with van der Waals surface area (Å²) in [6, 6.07) is 0.494. The van der Waals surface area contributed by atoms with Gasteiger partial charge in [0.15, 0.2) is 0 Å². The second-order valence-corrected chi connectivity index (χ2v) is 2.89. The lowest BCUT2D eigenvalue weighted by molar-refractivity contribution is -0.276. The normalized spacial score (nSPS) is 12.0. The molecule has 1 aromatic heterocycles. The fourth-order valence-electron chi connectivity index (χ4n) is 1.03. The second-order valence-electron chi connectivity index (χ2n) is 2.89. The van der Waals surface area contributed by atoms with Gasteiger partial charge in [0.25, 0.3) is 6.43 Å². The molecule has 0 fully saturated rings. The van der Waals surface area contributed by atoms with Crippen LogP contribution in [0.15, 0.2) is 6.07 Å². The van der Waals surface area contributed by atoms with Crippen LogP contribution in [0.3, 0.4) is 0 Å². The van der Waals surface area contributed by atoms with Crippen molar-refractivity contribution in [3.63, 3.8) is 0 Å². The molecule has 0 aliphatic carbocycles. The molecule has 0 bridgehead atoms. The molecule has 0 aliphatic rings. The Balaban J connectivity index is 3.19. The Morgan fingerprint density at radius 1 is 1.35 bits per heavy atom. The molecule has 0 saturated heterocycles. The summed E-state index contributed by atoms with van der Waals surface area (Å²) in [6.07, 6.45) is -8.30. The SMILES string of the molecule is NCc1cc(C(F)F)c(F)nc1OC(F)(F)F. The van der Waals surface area contributed by atoms with E-state index >= 15 is 0 Å². The molecule has 1 aromatic rings. The van der Waals surface area contributed by atoms with E-state index in [9.17, 15) is 26.3 Å². The van der Waals surface area contributed by atoms with Crippen molar-refractivity contribution in [1.82, 2.24) is 4.98 Å². The van der Waals surface area contributed by atoms with Gasteiger partial charge in [-0.25, -0.2) is 8.78 Å². The number of hydrogen-bond acceptors (Lipinski definition) is 3. The highest BCUT2D eigenvalue weighted by Crippen LogP contribution is 2.29. The molecule has 9 heteroatoms. The Kier molecular flexibility index (Phi) is 3.81. The topological polar surface area (TPSA) is 48.1 Å². The van der Waals surface area contributed by atoms with Gasteiger partial charge in [0.1, 0.15) is 0 Å². The zero-order chi connectivity index (χ0) is 13.2. The number of halogens is 6. The van der Waals surface area contributed by atoms with Crippen molar-refractivity contribution in [2.24, 2.45) is 5.73 Å². The molecule has 0 aliphatic heterocycles. The van der Waals surface area contributed by atoms with Crippen molar-refractivity contribution >= 4 is 0 Å². The number of nitrogens with two attached hydrogens (primary N) is 1. The van der Waals surface area contributed by atoms with E-state index in [2.05, 4.69) is 9.72 Å². The van der Waals surface area contributed by atoms with Gasteiger partial charge in [0, 0.05) is 12.1 Å². The fourth-order valence-corrected chi connectivity index (χ4v) is 1.03. The maximum Gasteiger partial charge on any atom is 0.574 e. The molecule has 96 valence electrons. The maximum absolute atomic E-state index is 12.9. The van der Waals surface area contributed by atoms with Gasteiger partial charge in [-0.3, -0.25) is 0 Å². The zero-order valence-electron chi connectivity index (χ0n) is 8.06. The molecule has 0 aromatic carbocycles. The standard InChI is InChI=1S/C8H6F6N2O/c9-5(10)4-1-3(2-15)7(16-6(4)11)17-8(12,13)14/h1,5H,2,15H2. The van der Waals surface area contributed by atoms with Crippen LogP contribution in [0.4, 0.5) is 26.3 Å². The van der Waals surface area contributed by atoms with Crippen LogP contribution >= 0.6 is 0 Å². The highest BCUT2D eigenvalue weighted by molar-refractivity contribution is 5.31. The molecule has 2 N–H and O–H groups in total. The summed E-state index contributed by atoms with van der Waals surface area (Å²) in [5.41, 5.74) is 3.45. The zero-order valence-corrected chi connectivity index (χ0v) is 8.06. The number of pyridine rings is 1. The van der Waals surface area contributed by atoms with Gasteiger partial charge in [-0.2, -0.15) is 9.37 Å². The molecule has 0 unspecified atom stereocenters. The Bertz CT molecular complexity index is 406. The van der Waals surface area contributed by atoms with Gasteiger partial charge in [0.2, 0.25) is 11.8 Å². The summed E-state index contributed by atoms with van der Waals surface area (Å²) in [7, 11) is 0. The van der Waals surface area contributed by atoms with Crippen molar-refractivity contribution in [3.05, 3.63) is 23.1 Å². The predicted octanol–water partition coefficient (Wildman–Crippen LogP) is 2.52. The van der Waals surface area contributed by atoms with Gasteiger partial charge in [0.05, 0.1) is 5.56 Å². The fraction of sp³-hybridized carbons (Fsp3) is 0.375. The second kappa shape index (κ2) is 4.78. The van der Waals surface area contributed by atoms with Gasteiger partial charge in [-0.1, -0.05) is 0 Å². The Morgan fingerprint density at radius 2 is 1.94 bits per heavy atom. The van der Waals surface area contributed by atoms with Gasteiger partial charge in [-0.05, 0) is 6.07 Å². The van der Waals surface area contributed by atoms with Crippen LogP contribution in [0, 0.1) is 5.95 Å². The summed E-state index contributed by atoms with van der Waals surface area (Å²) in [6.45, 7) is -0.543. The largest absolute Gasteiger partial charge is 0.574 e. The van der Waals surface area contributed by atoms with Crippen molar-refractivity contribution in [1.29, 1.82) is 0 Å². The third-order valence-electron chi connectivity index (χ3n) is 1.71. The van der Waals surface area contributed by atoms with Crippen molar-refractivity contribution in [2.75, 3.05) is 0 Å². The number of ether oxygens (including phenoxy) is 1. The number of rotatable bonds is 3. The van der Waals surface area contributed by atoms with Crippen LogP contribution in [0.2, 0.25) is 0 Å². The minimum Gasteiger partial charge on any atom is -0.387 e. The minimum absolute atomic E-state index is 0.459. The molecule has 0 saturated carbocycles. The van der Waals surface area contributed by atoms with Crippen molar-refractivity contribution in [2.45, 2.75) is 19.3 Å². The van der Waals surface area contributed by atoms with E-state index in [0.717, 1.165) is 0 Å². The monoisotopic (exact) mass is 260 g/mol. The van der Waals surface area contributed by atoms with E-state index in [0.29, 0.717) is 6.07 Å². The first-order valence-electron chi connectivity index (χ1n) is 4.18. The first-order valence-corrected chi connectivity index (χ1v) is 4.18. The Labute approximate surface area is 91.2 Å². The Hall–Kier alpha value is -1.51. The maximum atomic E-state index is 12.9. The average Bonchev–Trinajstić information content (AvgIpc) is 2.14. The minimum atomic E-state index is -5.10. The van der Waals surface area contributed by atoms with E-state index in [-0.39, 0.29) is 0 Å². The Morgan fingerprint density at radius 3 is 2.35 bits per heavy atom. The van der Waals surface area contributed by atoms with Crippen LogP contribution in [0.1, 0.15) is 17.6 Å². The first kappa shape index (κ1) is 13.6. The molecule has 1 heterocycles. The van der Waals surface area contributed by atoms with E-state index in [1.165, 1.54) is 0 Å². The lowest BCUT2D eigenvalue weighted by Crippen LogP contribution is -2.20. The summed E-state index contributed by atoms with van der Waals surface area (Å²) in [4.78, 5) is 2.68. The predicted molar refractivity (Wildman–Crippen MR) is 43.7 cm³/mol. The lowest BCUT2D eigenvalue weighted by atomic mass is 10.2. The highest BCUT2D eigenvalue weighted by Gasteiger charge is 2.33. The lowest BCUT2D eigenvalue weighted by Gasteiger charge is -2.12. The number of aromatic nitrogens is 1. The third-order valence-corrected chi connectivity index (χ3v) is 1.71. The third kappa shape index (κ3) is 3.48. The van der Waals surface area contributed by atoms with Crippen LogP contribution < -0.4 is 10.5 Å². The molecule has 0 amide bonds. The number of alkyl halides is 5. The average molecular weight is 260 g/mol. The van der Waals surface area contributed by atoms with Crippen LogP contribution in [0.25, 0.3) is 0 Å². The first-order chi connectivity index (χ1) is 7.74. The molecule has 0 spiro atoms. The van der Waals surface area contributed by atoms with E-state index in [1.807, 2.05) is 0 Å². The van der Waals surface area contributed by atoms with E-state index in [1.54, 1.807) is 0 Å². The smallest absolute Gasteiger partial charge is 0.387 e.